The number of aromatic amines is 1. The van der Waals surface area contributed by atoms with Crippen LogP contribution in [0.25, 0.3) is 5.65 Å². The average molecular weight is 304 g/mol. The van der Waals surface area contributed by atoms with Gasteiger partial charge in [-0.25, -0.2) is 9.50 Å². The zero-order chi connectivity index (χ0) is 15.7. The van der Waals surface area contributed by atoms with Gasteiger partial charge in [0.05, 0.1) is 11.7 Å². The van der Waals surface area contributed by atoms with Gasteiger partial charge in [0.1, 0.15) is 6.61 Å². The standard InChI is InChI=1S/C15H20N4O3/c1-10-7-13-16-11(8-14(20)19(13)17-10)12-5-3-4-6-18(12)15(21)9-22-2/h7-8,12,17H,3-6,9H2,1-2H3/t12-/m1/s1. The number of hydrogen-bond donors (Lipinski definition) is 1. The molecule has 22 heavy (non-hydrogen) atoms. The lowest BCUT2D eigenvalue weighted by Crippen LogP contribution is -2.41. The number of nitrogens with zero attached hydrogens (tertiary/aromatic N) is 3. The Balaban J connectivity index is 2.00. The molecule has 2 aromatic heterocycles. The minimum absolute atomic E-state index is 0.0561. The number of aromatic nitrogens is 3. The maximum absolute atomic E-state index is 12.2. The van der Waals surface area contributed by atoms with E-state index in [9.17, 15) is 9.59 Å². The molecule has 3 heterocycles. The fraction of sp³-hybridized carbons (Fsp3) is 0.533. The molecule has 0 saturated carbocycles. The van der Waals surface area contributed by atoms with Crippen LogP contribution in [0.15, 0.2) is 16.9 Å². The largest absolute Gasteiger partial charge is 0.375 e. The van der Waals surface area contributed by atoms with Gasteiger partial charge in [-0.3, -0.25) is 14.7 Å². The zero-order valence-corrected chi connectivity index (χ0v) is 12.8. The number of carbonyl (C=O) groups is 1. The number of amides is 1. The summed E-state index contributed by atoms with van der Waals surface area (Å²) in [6.45, 7) is 2.61. The minimum atomic E-state index is -0.155. The molecular formula is C15H20N4O3. The second kappa shape index (κ2) is 5.92. The summed E-state index contributed by atoms with van der Waals surface area (Å²) in [5, 5.41) is 2.95. The fourth-order valence-corrected chi connectivity index (χ4v) is 3.04. The molecule has 1 N–H and O–H groups in total. The maximum atomic E-state index is 12.2. The van der Waals surface area contributed by atoms with Crippen LogP contribution in [0.2, 0.25) is 0 Å². The van der Waals surface area contributed by atoms with E-state index in [0.29, 0.717) is 17.9 Å². The molecule has 7 nitrogen and oxygen atoms in total. The van der Waals surface area contributed by atoms with Crippen LogP contribution in [0.4, 0.5) is 0 Å². The summed E-state index contributed by atoms with van der Waals surface area (Å²) in [6.07, 6.45) is 2.81. The van der Waals surface area contributed by atoms with Crippen molar-refractivity contribution in [3.8, 4) is 0 Å². The van der Waals surface area contributed by atoms with Crippen molar-refractivity contribution in [2.75, 3.05) is 20.3 Å². The van der Waals surface area contributed by atoms with E-state index in [0.717, 1.165) is 25.0 Å². The van der Waals surface area contributed by atoms with E-state index >= 15 is 0 Å². The normalized spacial score (nSPS) is 18.8. The van der Waals surface area contributed by atoms with Gasteiger partial charge in [0, 0.05) is 31.5 Å². The van der Waals surface area contributed by atoms with Crippen LogP contribution < -0.4 is 5.56 Å². The van der Waals surface area contributed by atoms with E-state index in [1.165, 1.54) is 17.7 Å². The summed E-state index contributed by atoms with van der Waals surface area (Å²) in [6, 6.07) is 3.20. The van der Waals surface area contributed by atoms with Crippen molar-refractivity contribution in [3.05, 3.63) is 33.9 Å². The van der Waals surface area contributed by atoms with E-state index in [2.05, 4.69) is 10.1 Å². The van der Waals surface area contributed by atoms with Crippen LogP contribution >= 0.6 is 0 Å². The Morgan fingerprint density at radius 2 is 2.27 bits per heavy atom. The molecule has 1 fully saturated rings. The third-order valence-electron chi connectivity index (χ3n) is 4.03. The number of H-pyrrole nitrogens is 1. The molecule has 0 aromatic carbocycles. The van der Waals surface area contributed by atoms with Crippen molar-refractivity contribution >= 4 is 11.6 Å². The highest BCUT2D eigenvalue weighted by Gasteiger charge is 2.29. The molecule has 3 rings (SSSR count). The third-order valence-corrected chi connectivity index (χ3v) is 4.03. The Bertz CT molecular complexity index is 749. The molecule has 7 heteroatoms. The van der Waals surface area contributed by atoms with Crippen molar-refractivity contribution < 1.29 is 9.53 Å². The van der Waals surface area contributed by atoms with Gasteiger partial charge in [-0.15, -0.1) is 0 Å². The van der Waals surface area contributed by atoms with Crippen LogP contribution in [0, 0.1) is 6.92 Å². The SMILES string of the molecule is COCC(=O)N1CCCC[C@@H]1c1cc(=O)n2[nH]c(C)cc2n1. The highest BCUT2D eigenvalue weighted by molar-refractivity contribution is 5.78. The van der Waals surface area contributed by atoms with Gasteiger partial charge in [0.15, 0.2) is 5.65 Å². The molecular weight excluding hydrogens is 284 g/mol. The highest BCUT2D eigenvalue weighted by atomic mass is 16.5. The fourth-order valence-electron chi connectivity index (χ4n) is 3.04. The number of piperidine rings is 1. The monoisotopic (exact) mass is 304 g/mol. The van der Waals surface area contributed by atoms with E-state index < -0.39 is 0 Å². The number of likely N-dealkylation sites (tertiary alicyclic amines) is 1. The predicted octanol–water partition coefficient (Wildman–Crippen LogP) is 1.03. The van der Waals surface area contributed by atoms with Crippen LogP contribution in [0.1, 0.15) is 36.7 Å². The van der Waals surface area contributed by atoms with E-state index in [-0.39, 0.29) is 24.1 Å². The molecule has 0 bridgehead atoms. The van der Waals surface area contributed by atoms with Crippen LogP contribution in [-0.4, -0.2) is 45.7 Å². The molecule has 0 radical (unpaired) electrons. The van der Waals surface area contributed by atoms with Gasteiger partial charge in [0.2, 0.25) is 5.91 Å². The number of carbonyl (C=O) groups excluding carboxylic acids is 1. The summed E-state index contributed by atoms with van der Waals surface area (Å²) in [4.78, 5) is 30.8. The summed E-state index contributed by atoms with van der Waals surface area (Å²) in [7, 11) is 1.51. The number of hydrogen-bond acceptors (Lipinski definition) is 4. The number of ether oxygens (including phenoxy) is 1. The lowest BCUT2D eigenvalue weighted by molar-refractivity contribution is -0.139. The van der Waals surface area contributed by atoms with Gasteiger partial charge in [-0.1, -0.05) is 0 Å². The van der Waals surface area contributed by atoms with Gasteiger partial charge in [-0.05, 0) is 26.2 Å². The average Bonchev–Trinajstić information content (AvgIpc) is 2.88. The number of rotatable bonds is 3. The quantitative estimate of drug-likeness (QED) is 0.918. The van der Waals surface area contributed by atoms with Crippen molar-refractivity contribution in [2.24, 2.45) is 0 Å². The summed E-state index contributed by atoms with van der Waals surface area (Å²) in [5.74, 6) is -0.0561. The second-order valence-electron chi connectivity index (χ2n) is 5.68. The summed E-state index contributed by atoms with van der Waals surface area (Å²) < 4.78 is 6.38. The molecule has 1 saturated heterocycles. The number of aryl methyl sites for hydroxylation is 1. The zero-order valence-electron chi connectivity index (χ0n) is 12.8. The maximum Gasteiger partial charge on any atom is 0.272 e. The minimum Gasteiger partial charge on any atom is -0.375 e. The topological polar surface area (TPSA) is 79.7 Å². The van der Waals surface area contributed by atoms with Gasteiger partial charge in [0.25, 0.3) is 5.56 Å². The number of methoxy groups -OCH3 is 1. The molecule has 2 aromatic rings. The van der Waals surface area contributed by atoms with Crippen LogP contribution in [0.3, 0.4) is 0 Å². The van der Waals surface area contributed by atoms with E-state index in [4.69, 9.17) is 4.74 Å². The molecule has 1 aliphatic rings. The predicted molar refractivity (Wildman–Crippen MR) is 80.7 cm³/mol. The first-order valence-electron chi connectivity index (χ1n) is 7.48. The van der Waals surface area contributed by atoms with Crippen LogP contribution in [-0.2, 0) is 9.53 Å². The number of nitrogens with one attached hydrogen (secondary N) is 1. The molecule has 1 atom stereocenters. The Kier molecular flexibility index (Phi) is 3.98. The van der Waals surface area contributed by atoms with Gasteiger partial charge < -0.3 is 9.64 Å². The lowest BCUT2D eigenvalue weighted by Gasteiger charge is -2.35. The van der Waals surface area contributed by atoms with Crippen molar-refractivity contribution in [1.82, 2.24) is 19.5 Å². The second-order valence-corrected chi connectivity index (χ2v) is 5.68. The van der Waals surface area contributed by atoms with Crippen molar-refractivity contribution in [3.63, 3.8) is 0 Å². The summed E-state index contributed by atoms with van der Waals surface area (Å²) in [5.41, 5.74) is 1.97. The molecule has 118 valence electrons. The molecule has 0 unspecified atom stereocenters. The first-order valence-corrected chi connectivity index (χ1v) is 7.48. The van der Waals surface area contributed by atoms with Crippen molar-refractivity contribution in [2.45, 2.75) is 32.2 Å². The lowest BCUT2D eigenvalue weighted by atomic mass is 9.99. The molecule has 0 spiro atoms. The van der Waals surface area contributed by atoms with E-state index in [1.54, 1.807) is 4.90 Å². The molecule has 1 amide bonds. The summed E-state index contributed by atoms with van der Waals surface area (Å²) >= 11 is 0. The molecule has 1 aliphatic heterocycles. The Morgan fingerprint density at radius 3 is 3.05 bits per heavy atom. The van der Waals surface area contributed by atoms with E-state index in [1.807, 2.05) is 13.0 Å². The molecule has 0 aliphatic carbocycles. The Labute approximate surface area is 127 Å². The first kappa shape index (κ1) is 14.8. The van der Waals surface area contributed by atoms with Crippen LogP contribution in [0.5, 0.6) is 0 Å². The van der Waals surface area contributed by atoms with Gasteiger partial charge >= 0.3 is 0 Å². The van der Waals surface area contributed by atoms with Crippen molar-refractivity contribution in [1.29, 1.82) is 0 Å². The first-order chi connectivity index (χ1) is 10.6. The number of fused-ring (bicyclic) bond motifs is 1. The smallest absolute Gasteiger partial charge is 0.272 e. The third kappa shape index (κ3) is 2.64. The Morgan fingerprint density at radius 1 is 1.45 bits per heavy atom. The van der Waals surface area contributed by atoms with Gasteiger partial charge in [-0.2, -0.15) is 0 Å². The Hall–Kier alpha value is -2.15. The highest BCUT2D eigenvalue weighted by Crippen LogP contribution is 2.29.